The summed E-state index contributed by atoms with van der Waals surface area (Å²) in [5.74, 6) is -0.842. The van der Waals surface area contributed by atoms with Gasteiger partial charge in [0, 0.05) is 6.26 Å². The molecule has 1 aliphatic heterocycles. The van der Waals surface area contributed by atoms with Crippen LogP contribution in [0.2, 0.25) is 0 Å². The third-order valence-corrected chi connectivity index (χ3v) is 4.79. The van der Waals surface area contributed by atoms with Crippen LogP contribution in [0.4, 0.5) is 10.1 Å². The van der Waals surface area contributed by atoms with E-state index in [1.165, 1.54) is 6.07 Å². The summed E-state index contributed by atoms with van der Waals surface area (Å²) in [5, 5.41) is 5.58. The molecular weight excluding hydrogens is 295 g/mol. The first kappa shape index (κ1) is 15.9. The molecule has 1 aromatic carbocycles. The molecule has 0 saturated carbocycles. The molecule has 0 aromatic heterocycles. The fourth-order valence-corrected chi connectivity index (χ4v) is 3.09. The molecule has 0 radical (unpaired) electrons. The lowest BCUT2D eigenvalue weighted by Crippen LogP contribution is -2.48. The molecular formula is C14H19FN2O3S. The quantitative estimate of drug-likeness (QED) is 0.830. The van der Waals surface area contributed by atoms with Crippen LogP contribution < -0.4 is 10.6 Å². The van der Waals surface area contributed by atoms with Crippen LogP contribution in [-0.4, -0.2) is 33.2 Å². The van der Waals surface area contributed by atoms with Gasteiger partial charge in [0.15, 0.2) is 9.84 Å². The van der Waals surface area contributed by atoms with Crippen molar-refractivity contribution in [2.75, 3.05) is 18.1 Å². The minimum atomic E-state index is -3.45. The van der Waals surface area contributed by atoms with Gasteiger partial charge in [0.2, 0.25) is 5.91 Å². The van der Waals surface area contributed by atoms with E-state index in [1.807, 2.05) is 6.92 Å². The van der Waals surface area contributed by atoms with E-state index in [4.69, 9.17) is 0 Å². The Kier molecular flexibility index (Phi) is 4.63. The number of anilines is 1. The zero-order valence-corrected chi connectivity index (χ0v) is 12.8. The van der Waals surface area contributed by atoms with E-state index in [9.17, 15) is 17.6 Å². The van der Waals surface area contributed by atoms with Crippen LogP contribution in [0.25, 0.3) is 0 Å². The number of carbonyl (C=O) groups excluding carboxylic acids is 1. The number of hydrogen-bond donors (Lipinski definition) is 2. The van der Waals surface area contributed by atoms with Gasteiger partial charge in [0.05, 0.1) is 16.6 Å². The van der Waals surface area contributed by atoms with E-state index in [0.717, 1.165) is 37.8 Å². The van der Waals surface area contributed by atoms with Crippen molar-refractivity contribution in [3.8, 4) is 0 Å². The summed E-state index contributed by atoms with van der Waals surface area (Å²) in [4.78, 5) is 12.2. The van der Waals surface area contributed by atoms with E-state index in [-0.39, 0.29) is 28.4 Å². The number of amides is 1. The van der Waals surface area contributed by atoms with Gasteiger partial charge in [-0.2, -0.15) is 0 Å². The zero-order chi connectivity index (χ0) is 15.6. The summed E-state index contributed by atoms with van der Waals surface area (Å²) in [6.07, 6.45) is 2.97. The molecule has 1 aliphatic rings. The summed E-state index contributed by atoms with van der Waals surface area (Å²) < 4.78 is 36.7. The van der Waals surface area contributed by atoms with Crippen molar-refractivity contribution in [3.63, 3.8) is 0 Å². The van der Waals surface area contributed by atoms with Crippen LogP contribution in [0, 0.1) is 11.7 Å². The average Bonchev–Trinajstić information content (AvgIpc) is 2.40. The first-order valence-corrected chi connectivity index (χ1v) is 8.72. The number of nitrogens with one attached hydrogen (secondary N) is 2. The summed E-state index contributed by atoms with van der Waals surface area (Å²) in [5.41, 5.74) is -0.109. The maximum absolute atomic E-state index is 13.8. The highest BCUT2D eigenvalue weighted by Gasteiger charge is 2.28. The zero-order valence-electron chi connectivity index (χ0n) is 12.0. The van der Waals surface area contributed by atoms with E-state index >= 15 is 0 Å². The van der Waals surface area contributed by atoms with Crippen LogP contribution in [0.1, 0.15) is 19.8 Å². The second-order valence-electron chi connectivity index (χ2n) is 5.45. The molecule has 1 heterocycles. The molecule has 21 heavy (non-hydrogen) atoms. The third kappa shape index (κ3) is 3.79. The second kappa shape index (κ2) is 6.11. The largest absolute Gasteiger partial charge is 0.322 e. The number of hydrogen-bond acceptors (Lipinski definition) is 4. The van der Waals surface area contributed by atoms with Crippen LogP contribution in [0.5, 0.6) is 0 Å². The SMILES string of the molecule is CC1CCCNC1C(=O)Nc1cc(S(C)(=O)=O)ccc1F. The summed E-state index contributed by atoms with van der Waals surface area (Å²) >= 11 is 0. The summed E-state index contributed by atoms with van der Waals surface area (Å²) in [6, 6.07) is 2.99. The number of halogens is 1. The minimum absolute atomic E-state index is 0.0242. The summed E-state index contributed by atoms with van der Waals surface area (Å²) in [7, 11) is -3.45. The number of benzene rings is 1. The van der Waals surface area contributed by atoms with Gasteiger partial charge in [-0.05, 0) is 43.5 Å². The van der Waals surface area contributed by atoms with E-state index in [2.05, 4.69) is 10.6 Å². The molecule has 1 amide bonds. The van der Waals surface area contributed by atoms with Crippen LogP contribution in [-0.2, 0) is 14.6 Å². The van der Waals surface area contributed by atoms with Crippen molar-refractivity contribution in [3.05, 3.63) is 24.0 Å². The van der Waals surface area contributed by atoms with Crippen molar-refractivity contribution in [2.45, 2.75) is 30.7 Å². The van der Waals surface area contributed by atoms with Crippen molar-refractivity contribution < 1.29 is 17.6 Å². The molecule has 7 heteroatoms. The highest BCUT2D eigenvalue weighted by atomic mass is 32.2. The van der Waals surface area contributed by atoms with Crippen LogP contribution in [0.15, 0.2) is 23.1 Å². The maximum Gasteiger partial charge on any atom is 0.241 e. The molecule has 0 aliphatic carbocycles. The topological polar surface area (TPSA) is 75.3 Å². The molecule has 5 nitrogen and oxygen atoms in total. The van der Waals surface area contributed by atoms with Gasteiger partial charge in [-0.25, -0.2) is 12.8 Å². The lowest BCUT2D eigenvalue weighted by atomic mass is 9.92. The monoisotopic (exact) mass is 314 g/mol. The second-order valence-corrected chi connectivity index (χ2v) is 7.47. The minimum Gasteiger partial charge on any atom is -0.322 e. The van der Waals surface area contributed by atoms with Crippen molar-refractivity contribution in [1.82, 2.24) is 5.32 Å². The average molecular weight is 314 g/mol. The lowest BCUT2D eigenvalue weighted by Gasteiger charge is -2.29. The highest BCUT2D eigenvalue weighted by Crippen LogP contribution is 2.22. The van der Waals surface area contributed by atoms with E-state index < -0.39 is 15.7 Å². The van der Waals surface area contributed by atoms with Gasteiger partial charge in [-0.1, -0.05) is 6.92 Å². The first-order valence-electron chi connectivity index (χ1n) is 6.83. The van der Waals surface area contributed by atoms with Gasteiger partial charge in [0.25, 0.3) is 0 Å². The first-order chi connectivity index (χ1) is 9.79. The molecule has 0 bridgehead atoms. The fourth-order valence-electron chi connectivity index (χ4n) is 2.44. The Labute approximate surface area is 123 Å². The third-order valence-electron chi connectivity index (χ3n) is 3.68. The lowest BCUT2D eigenvalue weighted by molar-refractivity contribution is -0.119. The van der Waals surface area contributed by atoms with Crippen LogP contribution >= 0.6 is 0 Å². The molecule has 0 spiro atoms. The molecule has 2 atom stereocenters. The van der Waals surface area contributed by atoms with E-state index in [0.29, 0.717) is 0 Å². The Morgan fingerprint density at radius 2 is 2.14 bits per heavy atom. The van der Waals surface area contributed by atoms with Gasteiger partial charge >= 0.3 is 0 Å². The number of sulfone groups is 1. The molecule has 116 valence electrons. The van der Waals surface area contributed by atoms with Crippen molar-refractivity contribution in [1.29, 1.82) is 0 Å². The highest BCUT2D eigenvalue weighted by molar-refractivity contribution is 7.90. The molecule has 1 saturated heterocycles. The number of carbonyl (C=O) groups is 1. The van der Waals surface area contributed by atoms with E-state index in [1.54, 1.807) is 0 Å². The van der Waals surface area contributed by atoms with Crippen molar-refractivity contribution in [2.24, 2.45) is 5.92 Å². The molecule has 2 N–H and O–H groups in total. The predicted octanol–water partition coefficient (Wildman–Crippen LogP) is 1.56. The molecule has 2 rings (SSSR count). The smallest absolute Gasteiger partial charge is 0.241 e. The Hall–Kier alpha value is -1.47. The number of rotatable bonds is 3. The van der Waals surface area contributed by atoms with Crippen molar-refractivity contribution >= 4 is 21.4 Å². The summed E-state index contributed by atoms with van der Waals surface area (Å²) in [6.45, 7) is 2.70. The maximum atomic E-state index is 13.8. The Morgan fingerprint density at radius 3 is 2.76 bits per heavy atom. The van der Waals surface area contributed by atoms with Gasteiger partial charge in [0.1, 0.15) is 5.82 Å². The van der Waals surface area contributed by atoms with Gasteiger partial charge < -0.3 is 10.6 Å². The normalized spacial score (nSPS) is 22.8. The van der Waals surface area contributed by atoms with Gasteiger partial charge in [-0.3, -0.25) is 4.79 Å². The molecule has 1 fully saturated rings. The standard InChI is InChI=1S/C14H19FN2O3S/c1-9-4-3-7-16-13(9)14(18)17-12-8-10(21(2,19)20)5-6-11(12)15/h5-6,8-9,13,16H,3-4,7H2,1-2H3,(H,17,18). The molecule has 1 aromatic rings. The number of piperidine rings is 1. The molecule has 2 unspecified atom stereocenters. The van der Waals surface area contributed by atoms with Crippen LogP contribution in [0.3, 0.4) is 0 Å². The predicted molar refractivity (Wildman–Crippen MR) is 78.3 cm³/mol. The fraction of sp³-hybridized carbons (Fsp3) is 0.500. The Bertz CT molecular complexity index is 646. The Morgan fingerprint density at radius 1 is 1.43 bits per heavy atom. The van der Waals surface area contributed by atoms with Gasteiger partial charge in [-0.15, -0.1) is 0 Å². The Balaban J connectivity index is 2.20.